The molecule has 20 heavy (non-hydrogen) atoms. The van der Waals surface area contributed by atoms with Crippen LogP contribution in [0.15, 0.2) is 18.2 Å². The molecule has 0 aliphatic carbocycles. The molecular weight excluding hydrogens is 263 g/mol. The zero-order chi connectivity index (χ0) is 14.5. The predicted molar refractivity (Wildman–Crippen MR) is 72.2 cm³/mol. The van der Waals surface area contributed by atoms with Crippen molar-refractivity contribution in [3.05, 3.63) is 29.6 Å². The lowest BCUT2D eigenvalue weighted by Gasteiger charge is -2.22. The van der Waals surface area contributed by atoms with Gasteiger partial charge in [-0.1, -0.05) is 0 Å². The molecule has 1 aliphatic heterocycles. The lowest BCUT2D eigenvalue weighted by Crippen LogP contribution is -2.32. The summed E-state index contributed by atoms with van der Waals surface area (Å²) in [5.74, 6) is -2.05. The average molecular weight is 280 g/mol. The molecule has 1 atom stereocenters. The predicted octanol–water partition coefficient (Wildman–Crippen LogP) is 1.85. The summed E-state index contributed by atoms with van der Waals surface area (Å²) in [5, 5.41) is 14.7. The number of amides is 1. The Morgan fingerprint density at radius 2 is 2.25 bits per heavy atom. The van der Waals surface area contributed by atoms with Crippen molar-refractivity contribution in [2.75, 3.05) is 18.4 Å². The van der Waals surface area contributed by atoms with Crippen LogP contribution in [0, 0.1) is 11.7 Å². The van der Waals surface area contributed by atoms with Crippen LogP contribution in [-0.2, 0) is 4.79 Å². The maximum Gasteiger partial charge on any atom is 0.338 e. The second-order valence-electron chi connectivity index (χ2n) is 4.96. The molecule has 1 unspecified atom stereocenters. The number of benzene rings is 1. The van der Waals surface area contributed by atoms with Gasteiger partial charge in [0.15, 0.2) is 0 Å². The van der Waals surface area contributed by atoms with Gasteiger partial charge < -0.3 is 15.7 Å². The Hall–Kier alpha value is -1.95. The van der Waals surface area contributed by atoms with Gasteiger partial charge in [0.05, 0.1) is 5.56 Å². The van der Waals surface area contributed by atoms with Crippen LogP contribution in [0.25, 0.3) is 0 Å². The quantitative estimate of drug-likeness (QED) is 0.786. The molecule has 0 bridgehead atoms. The molecule has 0 spiro atoms. The molecular formula is C14H17FN2O3. The highest BCUT2D eigenvalue weighted by Gasteiger charge is 2.17. The minimum absolute atomic E-state index is 0.179. The Balaban J connectivity index is 1.96. The van der Waals surface area contributed by atoms with Crippen LogP contribution in [0.5, 0.6) is 0 Å². The molecule has 0 aromatic heterocycles. The fraction of sp³-hybridized carbons (Fsp3) is 0.429. The highest BCUT2D eigenvalue weighted by molar-refractivity contribution is 5.94. The number of carbonyl (C=O) groups excluding carboxylic acids is 1. The first-order valence-corrected chi connectivity index (χ1v) is 6.59. The molecule has 3 N–H and O–H groups in total. The maximum atomic E-state index is 13.2. The van der Waals surface area contributed by atoms with Gasteiger partial charge in [-0.15, -0.1) is 0 Å². The van der Waals surface area contributed by atoms with Gasteiger partial charge in [-0.25, -0.2) is 9.18 Å². The lowest BCUT2D eigenvalue weighted by atomic mass is 9.96. The molecule has 0 saturated carbocycles. The van der Waals surface area contributed by atoms with E-state index in [0.717, 1.165) is 38.1 Å². The summed E-state index contributed by atoms with van der Waals surface area (Å²) < 4.78 is 13.2. The van der Waals surface area contributed by atoms with Gasteiger partial charge in [-0.2, -0.15) is 0 Å². The standard InChI is InChI=1S/C14H17FN2O3/c15-12-4-3-10(7-11(12)14(19)20)17-13(18)6-9-2-1-5-16-8-9/h3-4,7,9,16H,1-2,5-6,8H2,(H,17,18)(H,19,20). The Morgan fingerprint density at radius 1 is 1.45 bits per heavy atom. The van der Waals surface area contributed by atoms with Crippen molar-refractivity contribution in [1.29, 1.82) is 0 Å². The third-order valence-electron chi connectivity index (χ3n) is 3.35. The van der Waals surface area contributed by atoms with E-state index in [9.17, 15) is 14.0 Å². The Bertz CT molecular complexity index is 513. The number of hydrogen-bond donors (Lipinski definition) is 3. The van der Waals surface area contributed by atoms with E-state index in [1.165, 1.54) is 6.07 Å². The second-order valence-corrected chi connectivity index (χ2v) is 4.96. The summed E-state index contributed by atoms with van der Waals surface area (Å²) >= 11 is 0. The van der Waals surface area contributed by atoms with Gasteiger partial charge in [0, 0.05) is 12.1 Å². The molecule has 1 fully saturated rings. The fourth-order valence-electron chi connectivity index (χ4n) is 2.34. The number of carbonyl (C=O) groups is 2. The van der Waals surface area contributed by atoms with Crippen LogP contribution in [0.1, 0.15) is 29.6 Å². The average Bonchev–Trinajstić information content (AvgIpc) is 2.41. The van der Waals surface area contributed by atoms with Crippen LogP contribution in [-0.4, -0.2) is 30.1 Å². The number of nitrogens with one attached hydrogen (secondary N) is 2. The van der Waals surface area contributed by atoms with E-state index < -0.39 is 17.3 Å². The monoisotopic (exact) mass is 280 g/mol. The van der Waals surface area contributed by atoms with Crippen molar-refractivity contribution < 1.29 is 19.1 Å². The number of hydrogen-bond acceptors (Lipinski definition) is 3. The van der Waals surface area contributed by atoms with E-state index in [2.05, 4.69) is 10.6 Å². The van der Waals surface area contributed by atoms with Crippen molar-refractivity contribution in [3.63, 3.8) is 0 Å². The number of carboxylic acids is 1. The summed E-state index contributed by atoms with van der Waals surface area (Å²) in [4.78, 5) is 22.7. The highest BCUT2D eigenvalue weighted by atomic mass is 19.1. The van der Waals surface area contributed by atoms with E-state index in [-0.39, 0.29) is 5.91 Å². The number of halogens is 1. The molecule has 2 rings (SSSR count). The van der Waals surface area contributed by atoms with Crippen LogP contribution in [0.3, 0.4) is 0 Å². The van der Waals surface area contributed by atoms with Gasteiger partial charge in [0.2, 0.25) is 5.91 Å². The minimum atomic E-state index is -1.35. The number of anilines is 1. The van der Waals surface area contributed by atoms with E-state index in [1.54, 1.807) is 0 Å². The molecule has 0 radical (unpaired) electrons. The summed E-state index contributed by atoms with van der Waals surface area (Å²) in [6.07, 6.45) is 2.44. The first-order chi connectivity index (χ1) is 9.56. The Labute approximate surface area is 116 Å². The summed E-state index contributed by atoms with van der Waals surface area (Å²) in [6, 6.07) is 3.54. The first-order valence-electron chi connectivity index (χ1n) is 6.59. The smallest absolute Gasteiger partial charge is 0.338 e. The van der Waals surface area contributed by atoms with E-state index in [1.807, 2.05) is 0 Å². The van der Waals surface area contributed by atoms with Gasteiger partial charge in [0.25, 0.3) is 0 Å². The third-order valence-corrected chi connectivity index (χ3v) is 3.35. The van der Waals surface area contributed by atoms with Crippen LogP contribution >= 0.6 is 0 Å². The summed E-state index contributed by atoms with van der Waals surface area (Å²) in [6.45, 7) is 1.80. The first kappa shape index (κ1) is 14.5. The zero-order valence-electron chi connectivity index (χ0n) is 11.0. The lowest BCUT2D eigenvalue weighted by molar-refractivity contribution is -0.117. The van der Waals surface area contributed by atoms with Gasteiger partial charge in [0.1, 0.15) is 5.82 Å². The second kappa shape index (κ2) is 6.47. The van der Waals surface area contributed by atoms with Crippen molar-refractivity contribution in [2.45, 2.75) is 19.3 Å². The molecule has 1 aliphatic rings. The summed E-state index contributed by atoms with van der Waals surface area (Å²) in [5.41, 5.74) is -0.139. The fourth-order valence-corrected chi connectivity index (χ4v) is 2.34. The molecule has 1 saturated heterocycles. The van der Waals surface area contributed by atoms with Crippen molar-refractivity contribution >= 4 is 17.6 Å². The molecule has 1 aromatic carbocycles. The zero-order valence-corrected chi connectivity index (χ0v) is 11.0. The van der Waals surface area contributed by atoms with Crippen molar-refractivity contribution in [3.8, 4) is 0 Å². The maximum absolute atomic E-state index is 13.2. The number of carboxylic acid groups (broad SMARTS) is 1. The SMILES string of the molecule is O=C(CC1CCCNC1)Nc1ccc(F)c(C(=O)O)c1. The van der Waals surface area contributed by atoms with Gasteiger partial charge in [-0.3, -0.25) is 4.79 Å². The molecule has 108 valence electrons. The number of piperidine rings is 1. The van der Waals surface area contributed by atoms with Crippen LogP contribution in [0.2, 0.25) is 0 Å². The molecule has 1 heterocycles. The summed E-state index contributed by atoms with van der Waals surface area (Å²) in [7, 11) is 0. The normalized spacial score (nSPS) is 18.6. The van der Waals surface area contributed by atoms with Crippen molar-refractivity contribution in [2.24, 2.45) is 5.92 Å². The Kier molecular flexibility index (Phi) is 4.68. The van der Waals surface area contributed by atoms with Crippen molar-refractivity contribution in [1.82, 2.24) is 5.32 Å². The highest BCUT2D eigenvalue weighted by Crippen LogP contribution is 2.18. The van der Waals surface area contributed by atoms with Gasteiger partial charge in [-0.05, 0) is 50.0 Å². The van der Waals surface area contributed by atoms with E-state index in [0.29, 0.717) is 18.0 Å². The van der Waals surface area contributed by atoms with E-state index >= 15 is 0 Å². The molecule has 6 heteroatoms. The van der Waals surface area contributed by atoms with Gasteiger partial charge >= 0.3 is 5.97 Å². The Morgan fingerprint density at radius 3 is 2.90 bits per heavy atom. The third kappa shape index (κ3) is 3.77. The van der Waals surface area contributed by atoms with E-state index in [4.69, 9.17) is 5.11 Å². The molecule has 5 nitrogen and oxygen atoms in total. The largest absolute Gasteiger partial charge is 0.478 e. The number of rotatable bonds is 4. The minimum Gasteiger partial charge on any atom is -0.478 e. The van der Waals surface area contributed by atoms with Crippen LogP contribution in [0.4, 0.5) is 10.1 Å². The number of aromatic carboxylic acids is 1. The van der Waals surface area contributed by atoms with Crippen LogP contribution < -0.4 is 10.6 Å². The topological polar surface area (TPSA) is 78.4 Å². The molecule has 1 aromatic rings. The molecule has 1 amide bonds.